The minimum Gasteiger partial charge on any atom is -0.481 e. The Hall–Kier alpha value is -2.68. The maximum Gasteiger partial charge on any atom is 0.303 e. The summed E-state index contributed by atoms with van der Waals surface area (Å²) in [6, 6.07) is 13.0. The Kier molecular flexibility index (Phi) is 7.70. The van der Waals surface area contributed by atoms with E-state index in [0.29, 0.717) is 41.5 Å². The molecule has 4 rings (SSSR count). The van der Waals surface area contributed by atoms with Gasteiger partial charge in [-0.25, -0.2) is 10.0 Å². The van der Waals surface area contributed by atoms with Gasteiger partial charge in [-0.1, -0.05) is 45.7 Å². The van der Waals surface area contributed by atoms with Gasteiger partial charge < -0.3 is 10.4 Å². The maximum atomic E-state index is 13.6. The van der Waals surface area contributed by atoms with Crippen LogP contribution in [-0.2, 0) is 9.63 Å². The fourth-order valence-electron chi connectivity index (χ4n) is 4.24. The molecular weight excluding hydrogens is 522 g/mol. The van der Waals surface area contributed by atoms with Crippen molar-refractivity contribution in [1.82, 2.24) is 10.3 Å². The van der Waals surface area contributed by atoms with Crippen LogP contribution in [0.4, 0.5) is 5.82 Å². The first kappa shape index (κ1) is 24.4. The van der Waals surface area contributed by atoms with Gasteiger partial charge in [0.05, 0.1) is 17.7 Å². The molecule has 1 aromatic heterocycles. The molecule has 0 bridgehead atoms. The number of aliphatic carboxylic acids is 1. The van der Waals surface area contributed by atoms with Crippen LogP contribution >= 0.6 is 27.5 Å². The number of amides is 1. The Morgan fingerprint density at radius 1 is 1.29 bits per heavy atom. The zero-order valence-electron chi connectivity index (χ0n) is 18.7. The van der Waals surface area contributed by atoms with Crippen LogP contribution in [-0.4, -0.2) is 41.7 Å². The molecule has 1 unspecified atom stereocenters. The number of halogens is 2. The second-order valence-corrected chi connectivity index (χ2v) is 9.57. The summed E-state index contributed by atoms with van der Waals surface area (Å²) in [4.78, 5) is 35.2. The molecule has 1 aliphatic heterocycles. The molecule has 9 heteroatoms. The largest absolute Gasteiger partial charge is 0.481 e. The fourth-order valence-corrected chi connectivity index (χ4v) is 4.89. The third-order valence-corrected chi connectivity index (χ3v) is 6.78. The summed E-state index contributed by atoms with van der Waals surface area (Å²) in [5.41, 5.74) is 2.76. The molecule has 1 saturated heterocycles. The summed E-state index contributed by atoms with van der Waals surface area (Å²) < 4.78 is 0.843. The predicted octanol–water partition coefficient (Wildman–Crippen LogP) is 5.48. The molecule has 1 amide bonds. The number of fused-ring (bicyclic) bond motifs is 1. The summed E-state index contributed by atoms with van der Waals surface area (Å²) >= 11 is 9.88. The van der Waals surface area contributed by atoms with Crippen molar-refractivity contribution in [3.05, 3.63) is 68.7 Å². The van der Waals surface area contributed by atoms with Crippen molar-refractivity contribution in [2.45, 2.75) is 32.1 Å². The van der Waals surface area contributed by atoms with Gasteiger partial charge in [0, 0.05) is 45.9 Å². The number of benzene rings is 2. The highest BCUT2D eigenvalue weighted by atomic mass is 79.9. The quantitative estimate of drug-likeness (QED) is 0.389. The highest BCUT2D eigenvalue weighted by Gasteiger charge is 2.25. The number of pyridine rings is 1. The maximum absolute atomic E-state index is 13.6. The third-order valence-electron chi connectivity index (χ3n) is 5.94. The highest BCUT2D eigenvalue weighted by molar-refractivity contribution is 9.10. The lowest BCUT2D eigenvalue weighted by molar-refractivity contribution is -0.137. The number of carbonyl (C=O) groups is 2. The first-order chi connectivity index (χ1) is 16.3. The number of carboxylic acids is 1. The fraction of sp³-hybridized carbons (Fsp3) is 0.320. The van der Waals surface area contributed by atoms with Crippen molar-refractivity contribution >= 4 is 56.1 Å². The number of anilines is 1. The Labute approximate surface area is 211 Å². The first-order valence-corrected chi connectivity index (χ1v) is 12.3. The van der Waals surface area contributed by atoms with Gasteiger partial charge in [0.25, 0.3) is 5.91 Å². The number of hydrogen-bond donors (Lipinski definition) is 2. The molecule has 0 radical (unpaired) electrons. The molecule has 178 valence electrons. The molecule has 2 aromatic carbocycles. The minimum absolute atomic E-state index is 0.0215. The van der Waals surface area contributed by atoms with E-state index in [1.54, 1.807) is 11.1 Å². The molecule has 7 nitrogen and oxygen atoms in total. The molecule has 2 N–H and O–H groups in total. The summed E-state index contributed by atoms with van der Waals surface area (Å²) in [5.74, 6) is -0.753. The van der Waals surface area contributed by atoms with E-state index in [0.717, 1.165) is 27.4 Å². The lowest BCUT2D eigenvalue weighted by Gasteiger charge is -2.22. The van der Waals surface area contributed by atoms with Gasteiger partial charge >= 0.3 is 5.97 Å². The molecule has 0 spiro atoms. The molecule has 2 heterocycles. The third kappa shape index (κ3) is 5.35. The van der Waals surface area contributed by atoms with E-state index >= 15 is 0 Å². The Morgan fingerprint density at radius 2 is 2.09 bits per heavy atom. The number of carboxylic acid groups (broad SMARTS) is 1. The number of hydrogen-bond acceptors (Lipinski definition) is 5. The average Bonchev–Trinajstić information content (AvgIpc) is 3.34. The number of aromatic nitrogens is 1. The van der Waals surface area contributed by atoms with E-state index in [4.69, 9.17) is 21.4 Å². The molecule has 34 heavy (non-hydrogen) atoms. The molecule has 1 atom stereocenters. The predicted molar refractivity (Wildman–Crippen MR) is 135 cm³/mol. The van der Waals surface area contributed by atoms with Crippen LogP contribution in [0.1, 0.15) is 46.7 Å². The lowest BCUT2D eigenvalue weighted by atomic mass is 9.93. The molecule has 0 aliphatic carbocycles. The van der Waals surface area contributed by atoms with Crippen molar-refractivity contribution < 1.29 is 19.5 Å². The Balaban J connectivity index is 1.67. The standard InChI is InChI=1S/C25H25BrClN3O4/c1-15-23(19-13-17(26)8-9-21(19)29-24(15)30-11-4-12-34-30)25(33)28-14-16(7-10-22(31)32)18-5-2-3-6-20(18)27/h2-3,5-6,8-9,13,16H,4,7,10-12,14H2,1H3,(H,28,33)(H,31,32). The second-order valence-electron chi connectivity index (χ2n) is 8.25. The minimum atomic E-state index is -0.889. The summed E-state index contributed by atoms with van der Waals surface area (Å²) in [6.45, 7) is 3.45. The number of hydroxylamine groups is 1. The molecule has 1 aliphatic rings. The summed E-state index contributed by atoms with van der Waals surface area (Å²) in [6.07, 6.45) is 1.23. The van der Waals surface area contributed by atoms with Gasteiger partial charge in [-0.05, 0) is 49.6 Å². The van der Waals surface area contributed by atoms with E-state index in [1.807, 2.05) is 43.3 Å². The number of rotatable bonds is 8. The smallest absolute Gasteiger partial charge is 0.303 e. The Morgan fingerprint density at radius 3 is 2.79 bits per heavy atom. The van der Waals surface area contributed by atoms with Crippen molar-refractivity contribution in [3.8, 4) is 0 Å². The monoisotopic (exact) mass is 545 g/mol. The average molecular weight is 547 g/mol. The van der Waals surface area contributed by atoms with Crippen LogP contribution in [0.25, 0.3) is 10.9 Å². The van der Waals surface area contributed by atoms with E-state index in [-0.39, 0.29) is 24.8 Å². The van der Waals surface area contributed by atoms with Gasteiger partial charge in [-0.2, -0.15) is 0 Å². The lowest BCUT2D eigenvalue weighted by Crippen LogP contribution is -2.30. The van der Waals surface area contributed by atoms with Crippen molar-refractivity contribution in [2.75, 3.05) is 24.8 Å². The number of carbonyl (C=O) groups excluding carboxylic acids is 1. The van der Waals surface area contributed by atoms with Crippen LogP contribution in [0.3, 0.4) is 0 Å². The zero-order chi connectivity index (χ0) is 24.2. The first-order valence-electron chi connectivity index (χ1n) is 11.1. The van der Waals surface area contributed by atoms with Crippen molar-refractivity contribution in [1.29, 1.82) is 0 Å². The van der Waals surface area contributed by atoms with Gasteiger partial charge in [-0.3, -0.25) is 14.4 Å². The van der Waals surface area contributed by atoms with Crippen molar-refractivity contribution in [3.63, 3.8) is 0 Å². The van der Waals surface area contributed by atoms with Gasteiger partial charge in [0.15, 0.2) is 5.82 Å². The number of nitrogens with one attached hydrogen (secondary N) is 1. The summed E-state index contributed by atoms with van der Waals surface area (Å²) in [5, 5.41) is 15.2. The topological polar surface area (TPSA) is 91.8 Å². The van der Waals surface area contributed by atoms with Gasteiger partial charge in [-0.15, -0.1) is 0 Å². The number of nitrogens with zero attached hydrogens (tertiary/aromatic N) is 2. The highest BCUT2D eigenvalue weighted by Crippen LogP contribution is 2.32. The summed E-state index contributed by atoms with van der Waals surface area (Å²) in [7, 11) is 0. The van der Waals surface area contributed by atoms with E-state index in [1.165, 1.54) is 0 Å². The van der Waals surface area contributed by atoms with Crippen LogP contribution in [0.2, 0.25) is 5.02 Å². The second kappa shape index (κ2) is 10.7. The van der Waals surface area contributed by atoms with E-state index in [9.17, 15) is 14.7 Å². The molecular formula is C25H25BrClN3O4. The van der Waals surface area contributed by atoms with Gasteiger partial charge in [0.1, 0.15) is 0 Å². The molecule has 1 fully saturated rings. The SMILES string of the molecule is Cc1c(N2CCCO2)nc2ccc(Br)cc2c1C(=O)NCC(CCC(=O)O)c1ccccc1Cl. The normalized spacial score (nSPS) is 14.4. The van der Waals surface area contributed by atoms with Crippen LogP contribution in [0, 0.1) is 6.92 Å². The van der Waals surface area contributed by atoms with Crippen LogP contribution in [0.5, 0.6) is 0 Å². The zero-order valence-corrected chi connectivity index (χ0v) is 21.0. The molecule has 0 saturated carbocycles. The van der Waals surface area contributed by atoms with Gasteiger partial charge in [0.2, 0.25) is 0 Å². The van der Waals surface area contributed by atoms with Crippen LogP contribution < -0.4 is 10.4 Å². The van der Waals surface area contributed by atoms with Crippen LogP contribution in [0.15, 0.2) is 46.9 Å². The Bertz CT molecular complexity index is 1230. The molecule has 3 aromatic rings. The van der Waals surface area contributed by atoms with E-state index in [2.05, 4.69) is 21.2 Å². The van der Waals surface area contributed by atoms with Crippen molar-refractivity contribution in [2.24, 2.45) is 0 Å². The van der Waals surface area contributed by atoms with E-state index < -0.39 is 5.97 Å².